The first-order valence-electron chi connectivity index (χ1n) is 5.97. The van der Waals surface area contributed by atoms with E-state index in [0.29, 0.717) is 0 Å². The maximum atomic E-state index is 11.0. The van der Waals surface area contributed by atoms with Crippen molar-refractivity contribution in [1.82, 2.24) is 5.32 Å². The lowest BCUT2D eigenvalue weighted by molar-refractivity contribution is -0.265. The Morgan fingerprint density at radius 2 is 1.95 bits per heavy atom. The van der Waals surface area contributed by atoms with Crippen LogP contribution in [0.1, 0.15) is 6.92 Å². The van der Waals surface area contributed by atoms with Crippen LogP contribution in [0.15, 0.2) is 0 Å². The van der Waals surface area contributed by atoms with Gasteiger partial charge in [0.25, 0.3) is 0 Å². The van der Waals surface area contributed by atoms with E-state index < -0.39 is 49.1 Å². The molecule has 1 saturated heterocycles. The summed E-state index contributed by atoms with van der Waals surface area (Å²) in [5, 5.41) is 30.7. The molecule has 1 aliphatic heterocycles. The Hall–Kier alpha value is -1.26. The van der Waals surface area contributed by atoms with Crippen LogP contribution in [0.25, 0.3) is 0 Å². The van der Waals surface area contributed by atoms with Crippen molar-refractivity contribution in [3.63, 3.8) is 0 Å². The largest absolute Gasteiger partial charge is 0.480 e. The van der Waals surface area contributed by atoms with Gasteiger partial charge in [0.05, 0.1) is 6.61 Å². The molecular weight excluding hydrogens is 274 g/mol. The second-order valence-electron chi connectivity index (χ2n) is 4.39. The van der Waals surface area contributed by atoms with E-state index in [9.17, 15) is 19.8 Å². The fourth-order valence-corrected chi connectivity index (χ4v) is 1.92. The molecule has 0 aliphatic carbocycles. The Morgan fingerprint density at radius 1 is 1.30 bits per heavy atom. The summed E-state index contributed by atoms with van der Waals surface area (Å²) >= 11 is 0. The molecule has 0 radical (unpaired) electrons. The van der Waals surface area contributed by atoms with Crippen molar-refractivity contribution in [2.75, 3.05) is 20.3 Å². The van der Waals surface area contributed by atoms with Crippen LogP contribution in [-0.4, -0.2) is 78.2 Å². The van der Waals surface area contributed by atoms with Gasteiger partial charge >= 0.3 is 5.97 Å². The molecule has 9 heteroatoms. The minimum atomic E-state index is -1.34. The predicted molar refractivity (Wildman–Crippen MR) is 63.7 cm³/mol. The van der Waals surface area contributed by atoms with Crippen LogP contribution in [0, 0.1) is 0 Å². The van der Waals surface area contributed by atoms with Crippen LogP contribution in [-0.2, 0) is 23.8 Å². The Balaban J connectivity index is 2.64. The third-order valence-electron chi connectivity index (χ3n) is 2.81. The molecule has 0 aromatic rings. The van der Waals surface area contributed by atoms with Crippen molar-refractivity contribution in [1.29, 1.82) is 0 Å². The van der Waals surface area contributed by atoms with Gasteiger partial charge in [0.1, 0.15) is 31.0 Å². The molecule has 1 rings (SSSR count). The molecule has 0 spiro atoms. The first-order chi connectivity index (χ1) is 9.36. The average molecular weight is 293 g/mol. The van der Waals surface area contributed by atoms with E-state index in [0.717, 1.165) is 0 Å². The number of methoxy groups -OCH3 is 1. The van der Waals surface area contributed by atoms with Gasteiger partial charge in [0.15, 0.2) is 6.29 Å². The quantitative estimate of drug-likeness (QED) is 0.429. The number of hydrogen-bond acceptors (Lipinski definition) is 7. The van der Waals surface area contributed by atoms with Crippen LogP contribution in [0.5, 0.6) is 0 Å². The summed E-state index contributed by atoms with van der Waals surface area (Å²) < 4.78 is 15.2. The van der Waals surface area contributed by atoms with Gasteiger partial charge in [-0.05, 0) is 0 Å². The van der Waals surface area contributed by atoms with Crippen molar-refractivity contribution in [2.24, 2.45) is 0 Å². The summed E-state index contributed by atoms with van der Waals surface area (Å²) in [7, 11) is 1.32. The zero-order chi connectivity index (χ0) is 15.3. The number of carbonyl (C=O) groups excluding carboxylic acids is 1. The first kappa shape index (κ1) is 16.8. The molecule has 4 N–H and O–H groups in total. The highest BCUT2D eigenvalue weighted by Crippen LogP contribution is 2.22. The molecule has 1 amide bonds. The van der Waals surface area contributed by atoms with Gasteiger partial charge in [0, 0.05) is 14.0 Å². The molecule has 0 aromatic carbocycles. The second kappa shape index (κ2) is 7.50. The third kappa shape index (κ3) is 4.39. The number of nitrogens with one attached hydrogen (secondary N) is 1. The normalized spacial score (nSPS) is 33.7. The Morgan fingerprint density at radius 3 is 2.45 bits per heavy atom. The summed E-state index contributed by atoms with van der Waals surface area (Å²) in [4.78, 5) is 21.4. The van der Waals surface area contributed by atoms with Gasteiger partial charge in [-0.15, -0.1) is 0 Å². The van der Waals surface area contributed by atoms with E-state index in [1.807, 2.05) is 0 Å². The number of amides is 1. The molecule has 116 valence electrons. The van der Waals surface area contributed by atoms with Crippen molar-refractivity contribution >= 4 is 11.9 Å². The van der Waals surface area contributed by atoms with E-state index in [2.05, 4.69) is 5.32 Å². The van der Waals surface area contributed by atoms with Gasteiger partial charge in [-0.25, -0.2) is 4.79 Å². The van der Waals surface area contributed by atoms with Crippen molar-refractivity contribution in [2.45, 2.75) is 37.6 Å². The standard InChI is InChI=1S/C11H19NO8/c1-5(13)12-8-10(17)9(16)6(20-11(8)18-2)3-19-4-7(14)15/h6,8-11,16-17H,3-4H2,1-2H3,(H,12,13)(H,14,15)/t6?,8-,9-,10?,11+/m0/s1. The minimum absolute atomic E-state index is 0.225. The number of rotatable bonds is 6. The maximum Gasteiger partial charge on any atom is 0.329 e. The molecule has 1 fully saturated rings. The van der Waals surface area contributed by atoms with Gasteiger partial charge in [-0.3, -0.25) is 4.79 Å². The van der Waals surface area contributed by atoms with E-state index >= 15 is 0 Å². The van der Waals surface area contributed by atoms with Crippen molar-refractivity contribution < 1.29 is 39.1 Å². The average Bonchev–Trinajstić information content (AvgIpc) is 2.37. The number of hydrogen-bond donors (Lipinski definition) is 4. The molecule has 20 heavy (non-hydrogen) atoms. The lowest BCUT2D eigenvalue weighted by Crippen LogP contribution is -2.64. The molecular formula is C11H19NO8. The highest BCUT2D eigenvalue weighted by molar-refractivity contribution is 5.73. The van der Waals surface area contributed by atoms with Crippen LogP contribution < -0.4 is 5.32 Å². The third-order valence-corrected chi connectivity index (χ3v) is 2.81. The zero-order valence-electron chi connectivity index (χ0n) is 11.2. The number of carboxylic acid groups (broad SMARTS) is 1. The van der Waals surface area contributed by atoms with E-state index in [1.165, 1.54) is 14.0 Å². The first-order valence-corrected chi connectivity index (χ1v) is 5.97. The minimum Gasteiger partial charge on any atom is -0.480 e. The summed E-state index contributed by atoms with van der Waals surface area (Å²) in [5.74, 6) is -1.57. The van der Waals surface area contributed by atoms with Crippen LogP contribution in [0.3, 0.4) is 0 Å². The lowest BCUT2D eigenvalue weighted by Gasteiger charge is -2.42. The summed E-state index contributed by atoms with van der Waals surface area (Å²) in [6, 6.07) is -0.928. The Labute approximate surface area is 115 Å². The smallest absolute Gasteiger partial charge is 0.329 e. The molecule has 5 atom stereocenters. The Bertz CT molecular complexity index is 347. The summed E-state index contributed by atoms with van der Waals surface area (Å²) in [6.07, 6.45) is -4.60. The number of carboxylic acids is 1. The highest BCUT2D eigenvalue weighted by Gasteiger charge is 2.45. The highest BCUT2D eigenvalue weighted by atomic mass is 16.7. The van der Waals surface area contributed by atoms with Crippen LogP contribution >= 0.6 is 0 Å². The Kier molecular flexibility index (Phi) is 6.30. The predicted octanol–water partition coefficient (Wildman–Crippen LogP) is -2.31. The fraction of sp³-hybridized carbons (Fsp3) is 0.818. The second-order valence-corrected chi connectivity index (χ2v) is 4.39. The topological polar surface area (TPSA) is 135 Å². The van der Waals surface area contributed by atoms with E-state index in [1.54, 1.807) is 0 Å². The van der Waals surface area contributed by atoms with E-state index in [-0.39, 0.29) is 6.61 Å². The zero-order valence-corrected chi connectivity index (χ0v) is 11.2. The van der Waals surface area contributed by atoms with Gasteiger partial charge in [0.2, 0.25) is 5.91 Å². The van der Waals surface area contributed by atoms with Gasteiger partial charge < -0.3 is 34.8 Å². The number of carbonyl (C=O) groups is 2. The van der Waals surface area contributed by atoms with Gasteiger partial charge in [-0.2, -0.15) is 0 Å². The lowest BCUT2D eigenvalue weighted by atomic mass is 9.97. The van der Waals surface area contributed by atoms with Crippen molar-refractivity contribution in [3.05, 3.63) is 0 Å². The summed E-state index contributed by atoms with van der Waals surface area (Å²) in [6.45, 7) is 0.487. The summed E-state index contributed by atoms with van der Waals surface area (Å²) in [5.41, 5.74) is 0. The molecule has 1 heterocycles. The number of ether oxygens (including phenoxy) is 3. The fourth-order valence-electron chi connectivity index (χ4n) is 1.92. The molecule has 0 aromatic heterocycles. The number of aliphatic hydroxyl groups is 2. The van der Waals surface area contributed by atoms with E-state index in [4.69, 9.17) is 19.3 Å². The molecule has 0 saturated carbocycles. The molecule has 1 aliphatic rings. The molecule has 9 nitrogen and oxygen atoms in total. The monoisotopic (exact) mass is 293 g/mol. The van der Waals surface area contributed by atoms with Gasteiger partial charge in [-0.1, -0.05) is 0 Å². The van der Waals surface area contributed by atoms with Crippen LogP contribution in [0.2, 0.25) is 0 Å². The number of aliphatic hydroxyl groups excluding tert-OH is 2. The van der Waals surface area contributed by atoms with Crippen molar-refractivity contribution in [3.8, 4) is 0 Å². The molecule has 2 unspecified atom stereocenters. The maximum absolute atomic E-state index is 11.0. The number of aliphatic carboxylic acids is 1. The SMILES string of the molecule is CO[C@@H]1OC(COCC(=O)O)[C@H](O)C(O)[C@@H]1NC(C)=O. The van der Waals surface area contributed by atoms with Crippen LogP contribution in [0.4, 0.5) is 0 Å². The molecule has 0 bridgehead atoms.